The van der Waals surface area contributed by atoms with Gasteiger partial charge in [-0.2, -0.15) is 0 Å². The zero-order valence-corrected chi connectivity index (χ0v) is 8.69. The van der Waals surface area contributed by atoms with Crippen LogP contribution < -0.4 is 11.1 Å². The normalized spacial score (nSPS) is 9.75. The molecule has 0 spiro atoms. The number of carbonyl (C=O) groups is 1. The van der Waals surface area contributed by atoms with Crippen LogP contribution in [0.2, 0.25) is 0 Å². The van der Waals surface area contributed by atoms with Crippen LogP contribution in [0.5, 0.6) is 0 Å². The third kappa shape index (κ3) is 9.65. The second-order valence-corrected chi connectivity index (χ2v) is 3.74. The van der Waals surface area contributed by atoms with Gasteiger partial charge in [0, 0.05) is 17.4 Å². The van der Waals surface area contributed by atoms with Gasteiger partial charge in [0.05, 0.1) is 0 Å². The molecule has 12 heavy (non-hydrogen) atoms. The number of hydrogen-bond acceptors (Lipinski definition) is 2. The number of hydrogen-bond donors (Lipinski definition) is 2. The molecule has 3 nitrogen and oxygen atoms in total. The van der Waals surface area contributed by atoms with Gasteiger partial charge < -0.3 is 11.1 Å². The molecule has 0 aromatic carbocycles. The number of primary amides is 1. The molecule has 4 heteroatoms. The molecule has 0 aromatic rings. The van der Waals surface area contributed by atoms with Crippen molar-refractivity contribution in [2.75, 3.05) is 13.1 Å². The largest absolute Gasteiger partial charge is 0.370 e. The average molecular weight is 235 g/mol. The highest BCUT2D eigenvalue weighted by Gasteiger charge is 1.93. The summed E-state index contributed by atoms with van der Waals surface area (Å²) in [6.45, 7) is 5.36. The molecule has 0 rings (SSSR count). The third-order valence-electron chi connectivity index (χ3n) is 1.34. The molecule has 0 bridgehead atoms. The SMILES string of the molecule is C=C(Br)CNCCCCC(N)=O. The highest BCUT2D eigenvalue weighted by Crippen LogP contribution is 1.97. The average Bonchev–Trinajstić information content (AvgIpc) is 1.95. The third-order valence-corrected chi connectivity index (χ3v) is 1.62. The Kier molecular flexibility index (Phi) is 7.09. The fourth-order valence-electron chi connectivity index (χ4n) is 0.773. The van der Waals surface area contributed by atoms with E-state index in [9.17, 15) is 4.79 Å². The Bertz CT molecular complexity index is 141. The van der Waals surface area contributed by atoms with E-state index in [0.29, 0.717) is 6.42 Å². The maximum Gasteiger partial charge on any atom is 0.217 e. The number of nitrogens with one attached hydrogen (secondary N) is 1. The van der Waals surface area contributed by atoms with Crippen molar-refractivity contribution in [3.05, 3.63) is 11.1 Å². The second kappa shape index (κ2) is 7.31. The number of nitrogens with two attached hydrogens (primary N) is 1. The molecule has 0 aliphatic heterocycles. The molecular formula is C8H15BrN2O. The summed E-state index contributed by atoms with van der Waals surface area (Å²) in [6.07, 6.45) is 2.32. The standard InChI is InChI=1S/C8H15BrN2O/c1-7(9)6-11-5-3-2-4-8(10)12/h11H,1-6H2,(H2,10,12). The van der Waals surface area contributed by atoms with Gasteiger partial charge in [0.1, 0.15) is 0 Å². The highest BCUT2D eigenvalue weighted by molar-refractivity contribution is 9.11. The summed E-state index contributed by atoms with van der Waals surface area (Å²) in [5.74, 6) is -0.222. The molecule has 0 aliphatic carbocycles. The lowest BCUT2D eigenvalue weighted by Gasteiger charge is -2.01. The first kappa shape index (κ1) is 11.6. The summed E-state index contributed by atoms with van der Waals surface area (Å²) in [6, 6.07) is 0. The molecule has 0 saturated heterocycles. The van der Waals surface area contributed by atoms with Crippen molar-refractivity contribution in [2.45, 2.75) is 19.3 Å². The first-order valence-electron chi connectivity index (χ1n) is 3.95. The molecule has 0 atom stereocenters. The summed E-state index contributed by atoms with van der Waals surface area (Å²) in [5.41, 5.74) is 4.97. The zero-order valence-electron chi connectivity index (χ0n) is 7.11. The number of amides is 1. The van der Waals surface area contributed by atoms with E-state index in [1.165, 1.54) is 0 Å². The van der Waals surface area contributed by atoms with Crippen molar-refractivity contribution in [1.29, 1.82) is 0 Å². The first-order valence-corrected chi connectivity index (χ1v) is 4.74. The minimum atomic E-state index is -0.222. The van der Waals surface area contributed by atoms with Gasteiger partial charge in [-0.1, -0.05) is 22.5 Å². The van der Waals surface area contributed by atoms with Crippen molar-refractivity contribution in [1.82, 2.24) is 5.32 Å². The summed E-state index contributed by atoms with van der Waals surface area (Å²) < 4.78 is 0.942. The van der Waals surface area contributed by atoms with Crippen molar-refractivity contribution >= 4 is 21.8 Å². The Morgan fingerprint density at radius 3 is 2.67 bits per heavy atom. The molecule has 0 heterocycles. The summed E-state index contributed by atoms with van der Waals surface area (Å²) in [7, 11) is 0. The van der Waals surface area contributed by atoms with Crippen LogP contribution in [0.15, 0.2) is 11.1 Å². The van der Waals surface area contributed by atoms with E-state index in [0.717, 1.165) is 30.4 Å². The molecule has 70 valence electrons. The minimum absolute atomic E-state index is 0.222. The smallest absolute Gasteiger partial charge is 0.217 e. The van der Waals surface area contributed by atoms with E-state index < -0.39 is 0 Å². The number of halogens is 1. The molecule has 0 aliphatic rings. The Labute approximate surface area is 81.5 Å². The van der Waals surface area contributed by atoms with E-state index >= 15 is 0 Å². The highest BCUT2D eigenvalue weighted by atomic mass is 79.9. The van der Waals surface area contributed by atoms with E-state index in [-0.39, 0.29) is 5.91 Å². The van der Waals surface area contributed by atoms with Gasteiger partial charge in [0.15, 0.2) is 0 Å². The Hall–Kier alpha value is -0.350. The van der Waals surface area contributed by atoms with Gasteiger partial charge in [0.2, 0.25) is 5.91 Å². The number of rotatable bonds is 7. The lowest BCUT2D eigenvalue weighted by atomic mass is 10.2. The fourth-order valence-corrected chi connectivity index (χ4v) is 0.972. The van der Waals surface area contributed by atoms with E-state index in [1.54, 1.807) is 0 Å². The zero-order chi connectivity index (χ0) is 9.40. The number of carbonyl (C=O) groups excluding carboxylic acids is 1. The molecule has 1 amide bonds. The van der Waals surface area contributed by atoms with Crippen molar-refractivity contribution < 1.29 is 4.79 Å². The lowest BCUT2D eigenvalue weighted by Crippen LogP contribution is -2.17. The van der Waals surface area contributed by atoms with Crippen LogP contribution in [0, 0.1) is 0 Å². The van der Waals surface area contributed by atoms with Crippen LogP contribution in [0.25, 0.3) is 0 Å². The van der Waals surface area contributed by atoms with Gasteiger partial charge in [-0.05, 0) is 19.4 Å². The Balaban J connectivity index is 3.01. The quantitative estimate of drug-likeness (QED) is 0.650. The number of unbranched alkanes of at least 4 members (excludes halogenated alkanes) is 1. The maximum atomic E-state index is 10.3. The van der Waals surface area contributed by atoms with Gasteiger partial charge in [-0.15, -0.1) is 0 Å². The van der Waals surface area contributed by atoms with Crippen LogP contribution >= 0.6 is 15.9 Å². The van der Waals surface area contributed by atoms with Crippen molar-refractivity contribution in [3.8, 4) is 0 Å². The molecule has 0 saturated carbocycles. The maximum absolute atomic E-state index is 10.3. The van der Waals surface area contributed by atoms with Crippen LogP contribution in [0.1, 0.15) is 19.3 Å². The second-order valence-electron chi connectivity index (χ2n) is 2.62. The molecule has 3 N–H and O–H groups in total. The van der Waals surface area contributed by atoms with E-state index in [1.807, 2.05) is 0 Å². The van der Waals surface area contributed by atoms with Gasteiger partial charge in [-0.3, -0.25) is 4.79 Å². The Morgan fingerprint density at radius 1 is 1.50 bits per heavy atom. The van der Waals surface area contributed by atoms with Gasteiger partial charge in [-0.25, -0.2) is 0 Å². The molecular weight excluding hydrogens is 220 g/mol. The van der Waals surface area contributed by atoms with Gasteiger partial charge in [0.25, 0.3) is 0 Å². The van der Waals surface area contributed by atoms with Crippen molar-refractivity contribution in [2.24, 2.45) is 5.73 Å². The van der Waals surface area contributed by atoms with E-state index in [2.05, 4.69) is 27.8 Å². The Morgan fingerprint density at radius 2 is 2.17 bits per heavy atom. The predicted molar refractivity (Wildman–Crippen MR) is 54.0 cm³/mol. The van der Waals surface area contributed by atoms with Crippen LogP contribution in [-0.2, 0) is 4.79 Å². The summed E-state index contributed by atoms with van der Waals surface area (Å²) in [4.78, 5) is 10.3. The lowest BCUT2D eigenvalue weighted by molar-refractivity contribution is -0.118. The fraction of sp³-hybridized carbons (Fsp3) is 0.625. The molecule has 0 unspecified atom stereocenters. The summed E-state index contributed by atoms with van der Waals surface area (Å²) >= 11 is 3.24. The topological polar surface area (TPSA) is 55.1 Å². The van der Waals surface area contributed by atoms with Crippen LogP contribution in [-0.4, -0.2) is 19.0 Å². The predicted octanol–water partition coefficient (Wildman–Crippen LogP) is 1.14. The van der Waals surface area contributed by atoms with Gasteiger partial charge >= 0.3 is 0 Å². The molecule has 0 fully saturated rings. The monoisotopic (exact) mass is 234 g/mol. The summed E-state index contributed by atoms with van der Waals surface area (Å²) in [5, 5.41) is 3.16. The van der Waals surface area contributed by atoms with Crippen LogP contribution in [0.4, 0.5) is 0 Å². The molecule has 0 aromatic heterocycles. The van der Waals surface area contributed by atoms with Crippen molar-refractivity contribution in [3.63, 3.8) is 0 Å². The minimum Gasteiger partial charge on any atom is -0.370 e. The van der Waals surface area contributed by atoms with E-state index in [4.69, 9.17) is 5.73 Å². The molecule has 0 radical (unpaired) electrons. The first-order chi connectivity index (χ1) is 5.63. The van der Waals surface area contributed by atoms with Crippen LogP contribution in [0.3, 0.4) is 0 Å².